The van der Waals surface area contributed by atoms with Gasteiger partial charge in [0.1, 0.15) is 0 Å². The molecule has 1 heteroatoms. The minimum absolute atomic E-state index is 0.419. The van der Waals surface area contributed by atoms with Gasteiger partial charge in [-0.2, -0.15) is 0 Å². The van der Waals surface area contributed by atoms with Gasteiger partial charge in [-0.1, -0.05) is 146 Å². The summed E-state index contributed by atoms with van der Waals surface area (Å²) < 4.78 is 0. The van der Waals surface area contributed by atoms with Crippen LogP contribution in [0.3, 0.4) is 0 Å². The summed E-state index contributed by atoms with van der Waals surface area (Å²) in [4.78, 5) is 5.01. The van der Waals surface area contributed by atoms with Crippen LogP contribution in [0.5, 0.6) is 0 Å². The molecule has 0 aliphatic heterocycles. The Morgan fingerprint density at radius 2 is 0.867 bits per heavy atom. The van der Waals surface area contributed by atoms with Gasteiger partial charge in [0.25, 0.3) is 0 Å². The van der Waals surface area contributed by atoms with E-state index in [4.69, 9.17) is 4.98 Å². The van der Waals surface area contributed by atoms with Gasteiger partial charge in [0.2, 0.25) is 0 Å². The SMILES string of the molecule is c1ccc(-c2c3ccccc3c(-c3ccc4c(c3)C3(c5ccccc5-c5ccccc53)c3cccnc3-4)c3ccccc23)cc1. The molecule has 0 unspecified atom stereocenters. The van der Waals surface area contributed by atoms with E-state index in [2.05, 4.69) is 158 Å². The first-order valence-electron chi connectivity index (χ1n) is 15.6. The Morgan fingerprint density at radius 3 is 1.49 bits per heavy atom. The number of pyridine rings is 1. The average Bonchev–Trinajstić information content (AvgIpc) is 3.58. The van der Waals surface area contributed by atoms with Crippen molar-refractivity contribution in [2.24, 2.45) is 0 Å². The second-order valence-corrected chi connectivity index (χ2v) is 12.2. The molecule has 1 heterocycles. The van der Waals surface area contributed by atoms with E-state index in [1.54, 1.807) is 0 Å². The normalized spacial score (nSPS) is 13.5. The highest BCUT2D eigenvalue weighted by molar-refractivity contribution is 6.21. The Labute approximate surface area is 262 Å². The van der Waals surface area contributed by atoms with Crippen molar-refractivity contribution in [2.45, 2.75) is 5.41 Å². The van der Waals surface area contributed by atoms with Gasteiger partial charge in [0, 0.05) is 11.8 Å². The van der Waals surface area contributed by atoms with Crippen LogP contribution in [0.2, 0.25) is 0 Å². The zero-order chi connectivity index (χ0) is 29.5. The summed E-state index contributed by atoms with van der Waals surface area (Å²) in [5.74, 6) is 0. The lowest BCUT2D eigenvalue weighted by Crippen LogP contribution is -2.25. The zero-order valence-corrected chi connectivity index (χ0v) is 24.5. The lowest BCUT2D eigenvalue weighted by molar-refractivity contribution is 0.792. The van der Waals surface area contributed by atoms with Crippen molar-refractivity contribution < 1.29 is 0 Å². The second-order valence-electron chi connectivity index (χ2n) is 12.2. The van der Waals surface area contributed by atoms with Gasteiger partial charge in [-0.15, -0.1) is 0 Å². The third-order valence-electron chi connectivity index (χ3n) is 10.1. The van der Waals surface area contributed by atoms with Crippen LogP contribution in [0.25, 0.3) is 66.2 Å². The number of aromatic nitrogens is 1. The highest BCUT2D eigenvalue weighted by Gasteiger charge is 2.52. The molecule has 0 amide bonds. The van der Waals surface area contributed by atoms with Gasteiger partial charge >= 0.3 is 0 Å². The predicted octanol–water partition coefficient (Wildman–Crippen LogP) is 11.1. The molecule has 1 spiro atoms. The van der Waals surface area contributed by atoms with Crippen LogP contribution in [-0.2, 0) is 5.41 Å². The van der Waals surface area contributed by atoms with Gasteiger partial charge < -0.3 is 0 Å². The summed E-state index contributed by atoms with van der Waals surface area (Å²) in [7, 11) is 0. The fraction of sp³-hybridized carbons (Fsp3) is 0.0227. The molecule has 208 valence electrons. The average molecular weight is 570 g/mol. The molecule has 0 bridgehead atoms. The number of nitrogens with zero attached hydrogens (tertiary/aromatic N) is 1. The maximum absolute atomic E-state index is 5.01. The molecule has 1 nitrogen and oxygen atoms in total. The van der Waals surface area contributed by atoms with E-state index in [1.807, 2.05) is 6.20 Å². The van der Waals surface area contributed by atoms with Crippen LogP contribution in [0.4, 0.5) is 0 Å². The standard InChI is InChI=1S/C44H27N/c1-2-13-28(14-3-1)41-32-17-4-6-19-34(32)42(35-20-7-5-18-33(35)41)29-24-25-36-40(27-29)44(39-23-12-26-45-43(36)39)37-21-10-8-15-30(37)31-16-9-11-22-38(31)44/h1-27H. The Hall–Kier alpha value is -5.79. The predicted molar refractivity (Wildman–Crippen MR) is 186 cm³/mol. The van der Waals surface area contributed by atoms with E-state index in [1.165, 1.54) is 82.7 Å². The summed E-state index contributed by atoms with van der Waals surface area (Å²) in [6, 6.07) is 58.1. The van der Waals surface area contributed by atoms with Crippen LogP contribution in [0.15, 0.2) is 164 Å². The largest absolute Gasteiger partial charge is 0.256 e. The Morgan fingerprint density at radius 1 is 0.356 bits per heavy atom. The van der Waals surface area contributed by atoms with Crippen molar-refractivity contribution >= 4 is 21.5 Å². The molecular weight excluding hydrogens is 542 g/mol. The number of benzene rings is 7. The maximum atomic E-state index is 5.01. The van der Waals surface area contributed by atoms with Crippen LogP contribution in [0, 0.1) is 0 Å². The van der Waals surface area contributed by atoms with Crippen molar-refractivity contribution in [3.05, 3.63) is 186 Å². The molecule has 0 fully saturated rings. The molecule has 2 aliphatic carbocycles. The van der Waals surface area contributed by atoms with Gasteiger partial charge in [0.05, 0.1) is 11.1 Å². The Balaban J connectivity index is 1.33. The molecule has 10 rings (SSSR count). The molecule has 0 radical (unpaired) electrons. The fourth-order valence-corrected chi connectivity index (χ4v) is 8.45. The summed E-state index contributed by atoms with van der Waals surface area (Å²) in [6.07, 6.45) is 1.94. The molecule has 8 aromatic rings. The fourth-order valence-electron chi connectivity index (χ4n) is 8.45. The summed E-state index contributed by atoms with van der Waals surface area (Å²) in [6.45, 7) is 0. The van der Waals surface area contributed by atoms with Crippen molar-refractivity contribution in [2.75, 3.05) is 0 Å². The third-order valence-corrected chi connectivity index (χ3v) is 10.1. The van der Waals surface area contributed by atoms with E-state index in [9.17, 15) is 0 Å². The van der Waals surface area contributed by atoms with Crippen molar-refractivity contribution in [3.8, 4) is 44.6 Å². The molecular formula is C44H27N. The minimum Gasteiger partial charge on any atom is -0.256 e. The first-order chi connectivity index (χ1) is 22.4. The number of fused-ring (bicyclic) bond motifs is 12. The minimum atomic E-state index is -0.419. The van der Waals surface area contributed by atoms with Crippen LogP contribution >= 0.6 is 0 Å². The first kappa shape index (κ1) is 24.6. The molecule has 0 saturated heterocycles. The molecule has 45 heavy (non-hydrogen) atoms. The van der Waals surface area contributed by atoms with E-state index >= 15 is 0 Å². The third kappa shape index (κ3) is 3.15. The Kier molecular flexibility index (Phi) is 4.99. The molecule has 0 atom stereocenters. The Bertz CT molecular complexity index is 2370. The quantitative estimate of drug-likeness (QED) is 0.189. The van der Waals surface area contributed by atoms with Gasteiger partial charge in [0.15, 0.2) is 0 Å². The molecule has 1 aromatic heterocycles. The lowest BCUT2D eigenvalue weighted by atomic mass is 9.70. The molecule has 0 N–H and O–H groups in total. The number of hydrogen-bond donors (Lipinski definition) is 0. The highest BCUT2D eigenvalue weighted by atomic mass is 14.7. The summed E-state index contributed by atoms with van der Waals surface area (Å²) in [5.41, 5.74) is 14.8. The molecule has 2 aliphatic rings. The first-order valence-corrected chi connectivity index (χ1v) is 15.6. The lowest BCUT2D eigenvalue weighted by Gasteiger charge is -2.30. The second kappa shape index (κ2) is 9.11. The highest BCUT2D eigenvalue weighted by Crippen LogP contribution is 2.62. The topological polar surface area (TPSA) is 12.9 Å². The number of hydrogen-bond acceptors (Lipinski definition) is 1. The maximum Gasteiger partial charge on any atom is 0.0753 e. The van der Waals surface area contributed by atoms with Crippen molar-refractivity contribution in [1.82, 2.24) is 4.98 Å². The number of rotatable bonds is 2. The van der Waals surface area contributed by atoms with E-state index in [0.29, 0.717) is 0 Å². The molecule has 7 aromatic carbocycles. The monoisotopic (exact) mass is 569 g/mol. The summed E-state index contributed by atoms with van der Waals surface area (Å²) in [5, 5.41) is 5.08. The van der Waals surface area contributed by atoms with Gasteiger partial charge in [-0.05, 0) is 89.3 Å². The van der Waals surface area contributed by atoms with Gasteiger partial charge in [-0.3, -0.25) is 4.98 Å². The van der Waals surface area contributed by atoms with Crippen molar-refractivity contribution in [1.29, 1.82) is 0 Å². The van der Waals surface area contributed by atoms with Gasteiger partial charge in [-0.25, -0.2) is 0 Å². The van der Waals surface area contributed by atoms with Crippen molar-refractivity contribution in [3.63, 3.8) is 0 Å². The van der Waals surface area contributed by atoms with Crippen LogP contribution in [-0.4, -0.2) is 4.98 Å². The van der Waals surface area contributed by atoms with Crippen LogP contribution < -0.4 is 0 Å². The van der Waals surface area contributed by atoms with E-state index in [0.717, 1.165) is 5.69 Å². The van der Waals surface area contributed by atoms with E-state index in [-0.39, 0.29) is 0 Å². The smallest absolute Gasteiger partial charge is 0.0753 e. The summed E-state index contributed by atoms with van der Waals surface area (Å²) >= 11 is 0. The zero-order valence-electron chi connectivity index (χ0n) is 24.5. The molecule has 0 saturated carbocycles. The van der Waals surface area contributed by atoms with E-state index < -0.39 is 5.41 Å². The van der Waals surface area contributed by atoms with Crippen LogP contribution in [0.1, 0.15) is 22.3 Å².